The Balaban J connectivity index is 2.75. The first-order valence-electron chi connectivity index (χ1n) is 7.03. The molecule has 0 radical (unpaired) electrons. The molecule has 0 saturated heterocycles. The summed E-state index contributed by atoms with van der Waals surface area (Å²) in [5.41, 5.74) is 8.96. The molecule has 20 heavy (non-hydrogen) atoms. The van der Waals surface area contributed by atoms with E-state index in [1.807, 2.05) is 6.92 Å². The lowest BCUT2D eigenvalue weighted by Gasteiger charge is -2.11. The van der Waals surface area contributed by atoms with Crippen LogP contribution in [0.25, 0.3) is 10.9 Å². The zero-order valence-electron chi connectivity index (χ0n) is 12.3. The van der Waals surface area contributed by atoms with Gasteiger partial charge in [-0.3, -0.25) is 0 Å². The Morgan fingerprint density at radius 2 is 2.10 bits per heavy atom. The van der Waals surface area contributed by atoms with Gasteiger partial charge in [0, 0.05) is 17.6 Å². The molecule has 2 aromatic rings. The van der Waals surface area contributed by atoms with Crippen LogP contribution < -0.4 is 5.73 Å². The van der Waals surface area contributed by atoms with Crippen LogP contribution in [0.1, 0.15) is 47.8 Å². The number of nitrogens with zero attached hydrogens (tertiary/aromatic N) is 1. The molecule has 4 heteroatoms. The van der Waals surface area contributed by atoms with E-state index in [9.17, 15) is 9.90 Å². The number of hydrogen-bond donors (Lipinski definition) is 2. The molecule has 0 bridgehead atoms. The van der Waals surface area contributed by atoms with E-state index in [-0.39, 0.29) is 6.04 Å². The maximum Gasteiger partial charge on any atom is 0.337 e. The first-order chi connectivity index (χ1) is 9.45. The molecule has 0 aliphatic rings. The molecule has 1 aromatic carbocycles. The van der Waals surface area contributed by atoms with E-state index < -0.39 is 5.97 Å². The smallest absolute Gasteiger partial charge is 0.337 e. The third kappa shape index (κ3) is 2.56. The topological polar surface area (TPSA) is 68.2 Å². The predicted octanol–water partition coefficient (Wildman–Crippen LogP) is 3.12. The monoisotopic (exact) mass is 274 g/mol. The molecule has 0 unspecified atom stereocenters. The molecule has 3 N–H and O–H groups in total. The van der Waals surface area contributed by atoms with Gasteiger partial charge < -0.3 is 15.4 Å². The summed E-state index contributed by atoms with van der Waals surface area (Å²) in [6.07, 6.45) is 3.87. The third-order valence-electron chi connectivity index (χ3n) is 3.59. The SMILES string of the molecule is Cc1cc(C(=O)O)c2c(c1)c(CCCN)cn2C(C)C. The molecule has 0 amide bonds. The highest BCUT2D eigenvalue weighted by molar-refractivity contribution is 6.04. The lowest BCUT2D eigenvalue weighted by molar-refractivity contribution is 0.0698. The summed E-state index contributed by atoms with van der Waals surface area (Å²) in [5, 5.41) is 10.5. The van der Waals surface area contributed by atoms with E-state index in [0.29, 0.717) is 12.1 Å². The zero-order valence-corrected chi connectivity index (χ0v) is 12.3. The number of hydrogen-bond acceptors (Lipinski definition) is 2. The van der Waals surface area contributed by atoms with Crippen LogP contribution in [0, 0.1) is 6.92 Å². The Morgan fingerprint density at radius 1 is 1.40 bits per heavy atom. The summed E-state index contributed by atoms with van der Waals surface area (Å²) in [7, 11) is 0. The second-order valence-corrected chi connectivity index (χ2v) is 5.56. The van der Waals surface area contributed by atoms with E-state index in [1.165, 1.54) is 5.56 Å². The Bertz CT molecular complexity index is 641. The van der Waals surface area contributed by atoms with Crippen LogP contribution in [-0.4, -0.2) is 22.2 Å². The number of fused-ring (bicyclic) bond motifs is 1. The maximum absolute atomic E-state index is 11.5. The average molecular weight is 274 g/mol. The first kappa shape index (κ1) is 14.6. The van der Waals surface area contributed by atoms with Crippen LogP contribution >= 0.6 is 0 Å². The molecule has 0 saturated carbocycles. The second-order valence-electron chi connectivity index (χ2n) is 5.56. The minimum Gasteiger partial charge on any atom is -0.478 e. The molecule has 1 aromatic heterocycles. The molecule has 0 spiro atoms. The number of rotatable bonds is 5. The highest BCUT2D eigenvalue weighted by atomic mass is 16.4. The minimum absolute atomic E-state index is 0.227. The number of carboxylic acids is 1. The van der Waals surface area contributed by atoms with E-state index in [1.54, 1.807) is 6.07 Å². The Labute approximate surface area is 119 Å². The van der Waals surface area contributed by atoms with Gasteiger partial charge in [-0.1, -0.05) is 0 Å². The number of carboxylic acid groups (broad SMARTS) is 1. The van der Waals surface area contributed by atoms with Crippen LogP contribution in [0.4, 0.5) is 0 Å². The predicted molar refractivity (Wildman–Crippen MR) is 81.4 cm³/mol. The van der Waals surface area contributed by atoms with Gasteiger partial charge in [-0.05, 0) is 63.4 Å². The van der Waals surface area contributed by atoms with Crippen molar-refractivity contribution in [2.45, 2.75) is 39.7 Å². The summed E-state index contributed by atoms with van der Waals surface area (Å²) >= 11 is 0. The van der Waals surface area contributed by atoms with Crippen molar-refractivity contribution in [3.05, 3.63) is 35.0 Å². The number of aromatic nitrogens is 1. The Morgan fingerprint density at radius 3 is 2.65 bits per heavy atom. The molecule has 0 aliphatic carbocycles. The highest BCUT2D eigenvalue weighted by Gasteiger charge is 2.18. The molecule has 0 fully saturated rings. The molecule has 1 heterocycles. The number of benzene rings is 1. The number of aryl methyl sites for hydroxylation is 2. The van der Waals surface area contributed by atoms with Crippen LogP contribution in [0.5, 0.6) is 0 Å². The zero-order chi connectivity index (χ0) is 14.9. The van der Waals surface area contributed by atoms with Crippen LogP contribution in [0.2, 0.25) is 0 Å². The van der Waals surface area contributed by atoms with Gasteiger partial charge in [0.05, 0.1) is 11.1 Å². The van der Waals surface area contributed by atoms with Crippen molar-refractivity contribution in [1.29, 1.82) is 0 Å². The van der Waals surface area contributed by atoms with Gasteiger partial charge in [0.2, 0.25) is 0 Å². The van der Waals surface area contributed by atoms with Crippen molar-refractivity contribution >= 4 is 16.9 Å². The standard InChI is InChI=1S/C16H22N2O2/c1-10(2)18-9-12(5-4-6-17)13-7-11(3)8-14(15(13)18)16(19)20/h7-10H,4-6,17H2,1-3H3,(H,19,20). The van der Waals surface area contributed by atoms with Gasteiger partial charge in [-0.15, -0.1) is 0 Å². The van der Waals surface area contributed by atoms with Crippen molar-refractivity contribution in [2.24, 2.45) is 5.73 Å². The fraction of sp³-hybridized carbons (Fsp3) is 0.438. The van der Waals surface area contributed by atoms with E-state index in [4.69, 9.17) is 5.73 Å². The van der Waals surface area contributed by atoms with E-state index in [0.717, 1.165) is 29.3 Å². The van der Waals surface area contributed by atoms with Gasteiger partial charge in [-0.2, -0.15) is 0 Å². The first-order valence-corrected chi connectivity index (χ1v) is 7.03. The molecule has 2 rings (SSSR count). The Hall–Kier alpha value is -1.81. The normalized spacial score (nSPS) is 11.4. The van der Waals surface area contributed by atoms with Crippen LogP contribution in [-0.2, 0) is 6.42 Å². The molecule has 4 nitrogen and oxygen atoms in total. The lowest BCUT2D eigenvalue weighted by Crippen LogP contribution is -2.05. The second kappa shape index (κ2) is 5.67. The average Bonchev–Trinajstić information content (AvgIpc) is 2.74. The summed E-state index contributed by atoms with van der Waals surface area (Å²) in [6.45, 7) is 6.71. The van der Waals surface area contributed by atoms with Crippen LogP contribution in [0.3, 0.4) is 0 Å². The maximum atomic E-state index is 11.5. The fourth-order valence-electron chi connectivity index (χ4n) is 2.67. The quantitative estimate of drug-likeness (QED) is 0.880. The van der Waals surface area contributed by atoms with Gasteiger partial charge in [-0.25, -0.2) is 4.79 Å². The fourth-order valence-corrected chi connectivity index (χ4v) is 2.67. The molecule has 108 valence electrons. The molecular formula is C16H22N2O2. The van der Waals surface area contributed by atoms with E-state index in [2.05, 4.69) is 30.7 Å². The molecular weight excluding hydrogens is 252 g/mol. The summed E-state index contributed by atoms with van der Waals surface area (Å²) < 4.78 is 2.06. The minimum atomic E-state index is -0.871. The largest absolute Gasteiger partial charge is 0.478 e. The van der Waals surface area contributed by atoms with Crippen molar-refractivity contribution in [2.75, 3.05) is 6.54 Å². The summed E-state index contributed by atoms with van der Waals surface area (Å²) in [6, 6.07) is 4.05. The Kier molecular flexibility index (Phi) is 4.14. The van der Waals surface area contributed by atoms with Crippen LogP contribution in [0.15, 0.2) is 18.3 Å². The number of aromatic carboxylic acids is 1. The third-order valence-corrected chi connectivity index (χ3v) is 3.59. The van der Waals surface area contributed by atoms with Crippen molar-refractivity contribution in [3.8, 4) is 0 Å². The van der Waals surface area contributed by atoms with E-state index >= 15 is 0 Å². The summed E-state index contributed by atoms with van der Waals surface area (Å²) in [4.78, 5) is 11.5. The lowest BCUT2D eigenvalue weighted by atomic mass is 10.0. The number of carbonyl (C=O) groups is 1. The van der Waals surface area contributed by atoms with Gasteiger partial charge >= 0.3 is 5.97 Å². The highest BCUT2D eigenvalue weighted by Crippen LogP contribution is 2.30. The number of nitrogens with two attached hydrogens (primary N) is 1. The molecule has 0 atom stereocenters. The van der Waals surface area contributed by atoms with Crippen molar-refractivity contribution in [1.82, 2.24) is 4.57 Å². The van der Waals surface area contributed by atoms with Crippen molar-refractivity contribution in [3.63, 3.8) is 0 Å². The van der Waals surface area contributed by atoms with Crippen molar-refractivity contribution < 1.29 is 9.90 Å². The van der Waals surface area contributed by atoms with Gasteiger partial charge in [0.1, 0.15) is 0 Å². The van der Waals surface area contributed by atoms with Gasteiger partial charge in [0.25, 0.3) is 0 Å². The van der Waals surface area contributed by atoms with Gasteiger partial charge in [0.15, 0.2) is 0 Å². The summed E-state index contributed by atoms with van der Waals surface area (Å²) in [5.74, 6) is -0.871. The molecule has 0 aliphatic heterocycles.